The van der Waals surface area contributed by atoms with Crippen LogP contribution in [-0.2, 0) is 4.79 Å². The highest BCUT2D eigenvalue weighted by molar-refractivity contribution is 6.05. The molecule has 0 heterocycles. The molecule has 120 valence electrons. The number of hydrogen-bond donors (Lipinski definition) is 2. The summed E-state index contributed by atoms with van der Waals surface area (Å²) in [5.74, 6) is 0.127. The van der Waals surface area contributed by atoms with Crippen LogP contribution in [0, 0.1) is 6.92 Å². The predicted molar refractivity (Wildman–Crippen MR) is 94.0 cm³/mol. The lowest BCUT2D eigenvalue weighted by atomic mass is 10.0. The van der Waals surface area contributed by atoms with E-state index in [9.17, 15) is 9.59 Å². The average molecular weight is 310 g/mol. The van der Waals surface area contributed by atoms with E-state index < -0.39 is 0 Å². The molecule has 2 N–H and O–H groups in total. The molecule has 0 fully saturated rings. The van der Waals surface area contributed by atoms with E-state index in [1.54, 1.807) is 6.07 Å². The molecule has 2 aromatic carbocycles. The molecule has 0 atom stereocenters. The summed E-state index contributed by atoms with van der Waals surface area (Å²) >= 11 is 0. The van der Waals surface area contributed by atoms with Crippen LogP contribution in [0.2, 0.25) is 0 Å². The fourth-order valence-electron chi connectivity index (χ4n) is 2.25. The number of anilines is 2. The van der Waals surface area contributed by atoms with Gasteiger partial charge in [0.1, 0.15) is 0 Å². The predicted octanol–water partition coefficient (Wildman–Crippen LogP) is 4.33. The molecule has 0 saturated carbocycles. The maximum absolute atomic E-state index is 12.4. The van der Waals surface area contributed by atoms with Crippen LogP contribution in [0.1, 0.15) is 48.2 Å². The molecule has 0 radical (unpaired) electrons. The van der Waals surface area contributed by atoms with Gasteiger partial charge in [0.05, 0.1) is 0 Å². The van der Waals surface area contributed by atoms with E-state index in [1.807, 2.05) is 43.3 Å². The maximum atomic E-state index is 12.4. The van der Waals surface area contributed by atoms with Crippen molar-refractivity contribution in [1.29, 1.82) is 0 Å². The van der Waals surface area contributed by atoms with Crippen LogP contribution in [-0.4, -0.2) is 11.8 Å². The Morgan fingerprint density at radius 2 is 1.61 bits per heavy atom. The number of nitrogens with one attached hydrogen (secondary N) is 2. The summed E-state index contributed by atoms with van der Waals surface area (Å²) in [5.41, 5.74) is 4.10. The highest BCUT2D eigenvalue weighted by Gasteiger charge is 2.09. The quantitative estimate of drug-likeness (QED) is 0.883. The summed E-state index contributed by atoms with van der Waals surface area (Å²) in [6.07, 6.45) is 0. The number of benzene rings is 2. The maximum Gasteiger partial charge on any atom is 0.255 e. The van der Waals surface area contributed by atoms with Gasteiger partial charge < -0.3 is 10.6 Å². The summed E-state index contributed by atoms with van der Waals surface area (Å²) in [6.45, 7) is 7.60. The molecule has 2 rings (SSSR count). The van der Waals surface area contributed by atoms with Gasteiger partial charge in [-0.15, -0.1) is 0 Å². The van der Waals surface area contributed by atoms with E-state index in [2.05, 4.69) is 24.5 Å². The van der Waals surface area contributed by atoms with E-state index in [4.69, 9.17) is 0 Å². The largest absolute Gasteiger partial charge is 0.326 e. The number of amides is 2. The van der Waals surface area contributed by atoms with Gasteiger partial charge in [-0.05, 0) is 48.2 Å². The first-order valence-electron chi connectivity index (χ1n) is 7.66. The molecule has 4 nitrogen and oxygen atoms in total. The third kappa shape index (κ3) is 4.42. The highest BCUT2D eigenvalue weighted by atomic mass is 16.2. The second-order valence-electron chi connectivity index (χ2n) is 5.94. The van der Waals surface area contributed by atoms with Gasteiger partial charge in [-0.1, -0.05) is 32.0 Å². The Kier molecular flexibility index (Phi) is 5.16. The summed E-state index contributed by atoms with van der Waals surface area (Å²) in [6, 6.07) is 13.0. The standard InChI is InChI=1S/C19H22N2O2/c1-12(2)15-6-8-16(9-7-15)19(23)21-18-11-17(20-14(4)22)10-5-13(18)3/h5-12H,1-4H3,(H,20,22)(H,21,23). The Hall–Kier alpha value is -2.62. The zero-order valence-electron chi connectivity index (χ0n) is 13.9. The van der Waals surface area contributed by atoms with E-state index in [0.717, 1.165) is 5.56 Å². The molecule has 2 aromatic rings. The average Bonchev–Trinajstić information content (AvgIpc) is 2.50. The lowest BCUT2D eigenvalue weighted by Gasteiger charge is -2.12. The smallest absolute Gasteiger partial charge is 0.255 e. The molecule has 0 aliphatic rings. The molecule has 0 unspecified atom stereocenters. The molecule has 0 aliphatic carbocycles. The van der Waals surface area contributed by atoms with Crippen molar-refractivity contribution in [3.05, 3.63) is 59.2 Å². The summed E-state index contributed by atoms with van der Waals surface area (Å²) < 4.78 is 0. The second kappa shape index (κ2) is 7.09. The molecule has 23 heavy (non-hydrogen) atoms. The van der Waals surface area contributed by atoms with Gasteiger partial charge in [0.2, 0.25) is 5.91 Å². The number of rotatable bonds is 4. The zero-order valence-corrected chi connectivity index (χ0v) is 13.9. The van der Waals surface area contributed by atoms with Gasteiger partial charge in [-0.25, -0.2) is 0 Å². The van der Waals surface area contributed by atoms with Gasteiger partial charge in [0, 0.05) is 23.9 Å². The lowest BCUT2D eigenvalue weighted by Crippen LogP contribution is -2.13. The summed E-state index contributed by atoms with van der Waals surface area (Å²) in [4.78, 5) is 23.5. The van der Waals surface area contributed by atoms with Gasteiger partial charge in [-0.3, -0.25) is 9.59 Å². The first kappa shape index (κ1) is 16.7. The van der Waals surface area contributed by atoms with Crippen molar-refractivity contribution in [1.82, 2.24) is 0 Å². The number of carbonyl (C=O) groups is 2. The molecule has 2 amide bonds. The fourth-order valence-corrected chi connectivity index (χ4v) is 2.25. The topological polar surface area (TPSA) is 58.2 Å². The van der Waals surface area contributed by atoms with Gasteiger partial charge in [0.25, 0.3) is 5.91 Å². The number of carbonyl (C=O) groups excluding carboxylic acids is 2. The van der Waals surface area contributed by atoms with Crippen molar-refractivity contribution in [2.75, 3.05) is 10.6 Å². The zero-order chi connectivity index (χ0) is 17.0. The molecule has 0 aromatic heterocycles. The van der Waals surface area contributed by atoms with Crippen LogP contribution in [0.4, 0.5) is 11.4 Å². The Labute approximate surface area is 136 Å². The Bertz CT molecular complexity index is 719. The van der Waals surface area contributed by atoms with Crippen molar-refractivity contribution in [2.45, 2.75) is 33.6 Å². The van der Waals surface area contributed by atoms with Crippen molar-refractivity contribution in [2.24, 2.45) is 0 Å². The molecule has 0 saturated heterocycles. The second-order valence-corrected chi connectivity index (χ2v) is 5.94. The molecule has 0 spiro atoms. The summed E-state index contributed by atoms with van der Waals surface area (Å²) in [5, 5.41) is 5.61. The minimum absolute atomic E-state index is 0.143. The van der Waals surface area contributed by atoms with Crippen LogP contribution in [0.5, 0.6) is 0 Å². The van der Waals surface area contributed by atoms with E-state index in [-0.39, 0.29) is 11.8 Å². The van der Waals surface area contributed by atoms with Crippen LogP contribution in [0.25, 0.3) is 0 Å². The minimum Gasteiger partial charge on any atom is -0.326 e. The van der Waals surface area contributed by atoms with Gasteiger partial charge in [-0.2, -0.15) is 0 Å². The van der Waals surface area contributed by atoms with Gasteiger partial charge in [0.15, 0.2) is 0 Å². The van der Waals surface area contributed by atoms with Crippen LogP contribution < -0.4 is 10.6 Å². The molecular formula is C19H22N2O2. The van der Waals surface area contributed by atoms with Crippen molar-refractivity contribution < 1.29 is 9.59 Å². The van der Waals surface area contributed by atoms with E-state index in [1.165, 1.54) is 12.5 Å². The normalized spacial score (nSPS) is 10.5. The Morgan fingerprint density at radius 3 is 2.17 bits per heavy atom. The third-order valence-corrected chi connectivity index (χ3v) is 3.65. The Morgan fingerprint density at radius 1 is 0.957 bits per heavy atom. The SMILES string of the molecule is CC(=O)Nc1ccc(C)c(NC(=O)c2ccc(C(C)C)cc2)c1. The molecular weight excluding hydrogens is 288 g/mol. The summed E-state index contributed by atoms with van der Waals surface area (Å²) in [7, 11) is 0. The van der Waals surface area contributed by atoms with Crippen LogP contribution in [0.15, 0.2) is 42.5 Å². The van der Waals surface area contributed by atoms with E-state index >= 15 is 0 Å². The molecule has 0 bridgehead atoms. The monoisotopic (exact) mass is 310 g/mol. The highest BCUT2D eigenvalue weighted by Crippen LogP contribution is 2.21. The number of hydrogen-bond acceptors (Lipinski definition) is 2. The van der Waals surface area contributed by atoms with Crippen LogP contribution in [0.3, 0.4) is 0 Å². The van der Waals surface area contributed by atoms with Gasteiger partial charge >= 0.3 is 0 Å². The Balaban J connectivity index is 2.17. The minimum atomic E-state index is -0.164. The fraction of sp³-hybridized carbons (Fsp3) is 0.263. The molecule has 0 aliphatic heterocycles. The number of aryl methyl sites for hydroxylation is 1. The van der Waals surface area contributed by atoms with Crippen molar-refractivity contribution >= 4 is 23.2 Å². The van der Waals surface area contributed by atoms with Crippen molar-refractivity contribution in [3.8, 4) is 0 Å². The third-order valence-electron chi connectivity index (χ3n) is 3.65. The molecule has 4 heteroatoms. The lowest BCUT2D eigenvalue weighted by molar-refractivity contribution is -0.114. The van der Waals surface area contributed by atoms with Crippen LogP contribution >= 0.6 is 0 Å². The van der Waals surface area contributed by atoms with E-state index in [0.29, 0.717) is 22.9 Å². The van der Waals surface area contributed by atoms with Crippen molar-refractivity contribution in [3.63, 3.8) is 0 Å². The first-order chi connectivity index (χ1) is 10.9. The first-order valence-corrected chi connectivity index (χ1v) is 7.66.